The van der Waals surface area contributed by atoms with Crippen molar-refractivity contribution in [2.45, 2.75) is 45.1 Å². The highest BCUT2D eigenvalue weighted by Gasteiger charge is 2.17. The number of hydrogen-bond acceptors (Lipinski definition) is 6. The number of phenolic OH excluding ortho intramolecular Hbond substituents is 1. The minimum Gasteiger partial charge on any atom is -0.508 e. The lowest BCUT2D eigenvalue weighted by atomic mass is 9.95. The van der Waals surface area contributed by atoms with Crippen LogP contribution in [0.3, 0.4) is 0 Å². The van der Waals surface area contributed by atoms with Crippen molar-refractivity contribution in [2.75, 3.05) is 7.11 Å². The number of benzene rings is 1. The molecule has 7 nitrogen and oxygen atoms in total. The molecule has 1 saturated carbocycles. The highest BCUT2D eigenvalue weighted by molar-refractivity contribution is 5.92. The normalized spacial score (nSPS) is 13.7. The average Bonchev–Trinajstić information content (AvgIpc) is 2.69. The fraction of sp³-hybridized carbons (Fsp3) is 0.400. The molecule has 2 N–H and O–H groups in total. The van der Waals surface area contributed by atoms with Crippen molar-refractivity contribution >= 4 is 5.91 Å². The van der Waals surface area contributed by atoms with Crippen LogP contribution >= 0.6 is 0 Å². The summed E-state index contributed by atoms with van der Waals surface area (Å²) in [6.07, 6.45) is 5.89. The van der Waals surface area contributed by atoms with E-state index in [-0.39, 0.29) is 13.1 Å². The van der Waals surface area contributed by atoms with Gasteiger partial charge in [0.1, 0.15) is 17.6 Å². The summed E-state index contributed by atoms with van der Waals surface area (Å²) in [5, 5.41) is 28.3. The monoisotopic (exact) mass is 370 g/mol. The molecule has 0 unspecified atom stereocenters. The number of methoxy groups -OCH3 is 1. The summed E-state index contributed by atoms with van der Waals surface area (Å²) in [6.45, 7) is 1.86. The molecule has 2 aromatic rings. The van der Waals surface area contributed by atoms with Gasteiger partial charge < -0.3 is 15.2 Å². The summed E-state index contributed by atoms with van der Waals surface area (Å²) >= 11 is 0. The molecule has 27 heavy (non-hydrogen) atoms. The molecule has 1 amide bonds. The second-order valence-electron chi connectivity index (χ2n) is 6.36. The molecule has 0 spiro atoms. The molecular formula is C20H26N4O3. The third kappa shape index (κ3) is 6.26. The van der Waals surface area contributed by atoms with Crippen LogP contribution in [0.5, 0.6) is 11.5 Å². The predicted octanol–water partition coefficient (Wildman–Crippen LogP) is 3.37. The van der Waals surface area contributed by atoms with Crippen LogP contribution in [-0.2, 0) is 0 Å². The van der Waals surface area contributed by atoms with Gasteiger partial charge in [-0.05, 0) is 44.0 Å². The Kier molecular flexibility index (Phi) is 7.56. The molecule has 1 aliphatic carbocycles. The number of nitriles is 1. The van der Waals surface area contributed by atoms with E-state index >= 15 is 0 Å². The fourth-order valence-corrected chi connectivity index (χ4v) is 2.80. The minimum atomic E-state index is -0.0978. The smallest absolute Gasteiger partial charge is 0.272 e. The van der Waals surface area contributed by atoms with E-state index in [1.807, 2.05) is 19.1 Å². The summed E-state index contributed by atoms with van der Waals surface area (Å²) < 4.78 is 4.83. The average molecular weight is 370 g/mol. The lowest BCUT2D eigenvalue weighted by molar-refractivity contribution is 0.0921. The second kappa shape index (κ2) is 10.1. The number of rotatable bonds is 3. The van der Waals surface area contributed by atoms with Gasteiger partial charge >= 0.3 is 0 Å². The Morgan fingerprint density at radius 1 is 1.26 bits per heavy atom. The zero-order chi connectivity index (χ0) is 19.6. The van der Waals surface area contributed by atoms with Crippen LogP contribution in [0.15, 0.2) is 30.3 Å². The SMILES string of the molecule is COc1cc(O)ccc1C#N.Cc1ccc(C(=O)NC2CCCCC2)nn1.[HH]. The quantitative estimate of drug-likeness (QED) is 0.857. The van der Waals surface area contributed by atoms with Crippen molar-refractivity contribution in [3.8, 4) is 17.6 Å². The molecule has 1 aliphatic rings. The van der Waals surface area contributed by atoms with Crippen molar-refractivity contribution in [2.24, 2.45) is 0 Å². The highest BCUT2D eigenvalue weighted by atomic mass is 16.5. The topological polar surface area (TPSA) is 108 Å². The second-order valence-corrected chi connectivity index (χ2v) is 6.36. The number of carbonyl (C=O) groups excluding carboxylic acids is 1. The third-order valence-corrected chi connectivity index (χ3v) is 4.28. The van der Waals surface area contributed by atoms with Gasteiger partial charge in [0.25, 0.3) is 5.91 Å². The zero-order valence-electron chi connectivity index (χ0n) is 15.6. The van der Waals surface area contributed by atoms with Crippen LogP contribution in [0, 0.1) is 18.3 Å². The van der Waals surface area contributed by atoms with E-state index in [0.29, 0.717) is 23.0 Å². The van der Waals surface area contributed by atoms with Crippen molar-refractivity contribution in [3.05, 3.63) is 47.3 Å². The van der Waals surface area contributed by atoms with Crippen molar-refractivity contribution in [1.82, 2.24) is 15.5 Å². The molecule has 7 heteroatoms. The molecule has 144 valence electrons. The minimum absolute atomic E-state index is 0. The van der Waals surface area contributed by atoms with Crippen LogP contribution < -0.4 is 10.1 Å². The number of nitrogens with zero attached hydrogens (tertiary/aromatic N) is 3. The highest BCUT2D eigenvalue weighted by Crippen LogP contribution is 2.22. The van der Waals surface area contributed by atoms with Gasteiger partial charge in [-0.1, -0.05) is 19.3 Å². The van der Waals surface area contributed by atoms with E-state index in [0.717, 1.165) is 18.5 Å². The Bertz CT molecular complexity index is 800. The first-order valence-electron chi connectivity index (χ1n) is 8.91. The maximum Gasteiger partial charge on any atom is 0.272 e. The summed E-state index contributed by atoms with van der Waals surface area (Å²) in [5.74, 6) is 0.396. The number of aromatic hydroxyl groups is 1. The fourth-order valence-electron chi connectivity index (χ4n) is 2.80. The van der Waals surface area contributed by atoms with Gasteiger partial charge in [0, 0.05) is 13.5 Å². The van der Waals surface area contributed by atoms with Crippen LogP contribution in [0.1, 0.15) is 55.3 Å². The molecule has 0 radical (unpaired) electrons. The molecule has 0 saturated heterocycles. The van der Waals surface area contributed by atoms with E-state index in [1.54, 1.807) is 6.07 Å². The van der Waals surface area contributed by atoms with Gasteiger partial charge in [-0.15, -0.1) is 5.10 Å². The number of hydrogen-bond donors (Lipinski definition) is 2. The Morgan fingerprint density at radius 2 is 2.00 bits per heavy atom. The predicted molar refractivity (Wildman–Crippen MR) is 103 cm³/mol. The van der Waals surface area contributed by atoms with Crippen molar-refractivity contribution in [1.29, 1.82) is 5.26 Å². The first-order valence-corrected chi connectivity index (χ1v) is 8.91. The van der Waals surface area contributed by atoms with Gasteiger partial charge in [0.15, 0.2) is 5.69 Å². The van der Waals surface area contributed by atoms with Crippen LogP contribution in [-0.4, -0.2) is 34.4 Å². The van der Waals surface area contributed by atoms with Crippen LogP contribution in [0.25, 0.3) is 0 Å². The van der Waals surface area contributed by atoms with E-state index in [2.05, 4.69) is 15.5 Å². The number of amides is 1. The number of ether oxygens (including phenoxy) is 1. The summed E-state index contributed by atoms with van der Waals surface area (Å²) in [6, 6.07) is 10.1. The Hall–Kier alpha value is -3.14. The first-order chi connectivity index (χ1) is 13.0. The molecule has 0 bridgehead atoms. The molecule has 1 aromatic carbocycles. The van der Waals surface area contributed by atoms with Crippen LogP contribution in [0.2, 0.25) is 0 Å². The Morgan fingerprint density at radius 3 is 2.59 bits per heavy atom. The Labute approximate surface area is 160 Å². The van der Waals surface area contributed by atoms with Gasteiger partial charge in [0.2, 0.25) is 0 Å². The lowest BCUT2D eigenvalue weighted by Crippen LogP contribution is -2.36. The molecule has 1 heterocycles. The molecular weight excluding hydrogens is 344 g/mol. The van der Waals surface area contributed by atoms with E-state index in [1.165, 1.54) is 44.6 Å². The molecule has 1 fully saturated rings. The third-order valence-electron chi connectivity index (χ3n) is 4.28. The van der Waals surface area contributed by atoms with Gasteiger partial charge in [-0.2, -0.15) is 10.4 Å². The Balaban J connectivity index is 0.000000289. The number of carbonyl (C=O) groups is 1. The van der Waals surface area contributed by atoms with E-state index in [4.69, 9.17) is 15.1 Å². The van der Waals surface area contributed by atoms with E-state index < -0.39 is 0 Å². The van der Waals surface area contributed by atoms with E-state index in [9.17, 15) is 4.79 Å². The number of aromatic nitrogens is 2. The van der Waals surface area contributed by atoms with Gasteiger partial charge in [-0.25, -0.2) is 0 Å². The lowest BCUT2D eigenvalue weighted by Gasteiger charge is -2.22. The standard InChI is InChI=1S/C12H17N3O.C8H7NO2.H2/c1-9-7-8-11(15-14-9)12(16)13-10-5-3-2-4-6-10;1-11-8-4-7(10)3-2-6(8)5-9;/h7-8,10H,2-6H2,1H3,(H,13,16);2-4,10H,1H3;1H. The first kappa shape index (κ1) is 20.2. The number of nitrogens with one attached hydrogen (secondary N) is 1. The largest absolute Gasteiger partial charge is 0.508 e. The molecule has 1 aromatic heterocycles. The summed E-state index contributed by atoms with van der Waals surface area (Å²) in [4.78, 5) is 11.8. The number of phenols is 1. The summed E-state index contributed by atoms with van der Waals surface area (Å²) in [5.41, 5.74) is 1.66. The zero-order valence-corrected chi connectivity index (χ0v) is 15.6. The van der Waals surface area contributed by atoms with Crippen LogP contribution in [0.4, 0.5) is 0 Å². The summed E-state index contributed by atoms with van der Waals surface area (Å²) in [7, 11) is 1.45. The van der Waals surface area contributed by atoms with Gasteiger partial charge in [0.05, 0.1) is 18.4 Å². The number of aryl methyl sites for hydroxylation is 1. The van der Waals surface area contributed by atoms with Crippen molar-refractivity contribution in [3.63, 3.8) is 0 Å². The van der Waals surface area contributed by atoms with Crippen molar-refractivity contribution < 1.29 is 16.1 Å². The maximum absolute atomic E-state index is 11.8. The molecule has 0 atom stereocenters. The maximum atomic E-state index is 11.8. The molecule has 0 aliphatic heterocycles. The van der Waals surface area contributed by atoms with Gasteiger partial charge in [-0.3, -0.25) is 4.79 Å². The molecule has 3 rings (SSSR count).